The van der Waals surface area contributed by atoms with Crippen LogP contribution in [0.5, 0.6) is 0 Å². The van der Waals surface area contributed by atoms with E-state index in [2.05, 4.69) is 34.7 Å². The van der Waals surface area contributed by atoms with Crippen LogP contribution in [0.25, 0.3) is 0 Å². The third kappa shape index (κ3) is 3.18. The van der Waals surface area contributed by atoms with Crippen molar-refractivity contribution in [3.63, 3.8) is 0 Å². The Morgan fingerprint density at radius 1 is 1.30 bits per heavy atom. The van der Waals surface area contributed by atoms with Gasteiger partial charge in [0.05, 0.1) is 18.2 Å². The fourth-order valence-electron chi connectivity index (χ4n) is 1.89. The summed E-state index contributed by atoms with van der Waals surface area (Å²) in [6.07, 6.45) is 0. The average Bonchev–Trinajstić information content (AvgIpc) is 2.88. The van der Waals surface area contributed by atoms with Crippen LogP contribution in [-0.2, 0) is 12.3 Å². The van der Waals surface area contributed by atoms with Crippen molar-refractivity contribution in [2.75, 3.05) is 0 Å². The SMILES string of the molecule is CC(C)n1c(CN)nnc1SCc1ccc(C#N)cc1. The maximum absolute atomic E-state index is 8.78. The van der Waals surface area contributed by atoms with E-state index in [1.165, 1.54) is 0 Å². The lowest BCUT2D eigenvalue weighted by Crippen LogP contribution is -2.11. The van der Waals surface area contributed by atoms with E-state index < -0.39 is 0 Å². The lowest BCUT2D eigenvalue weighted by atomic mass is 10.2. The summed E-state index contributed by atoms with van der Waals surface area (Å²) in [6.45, 7) is 4.57. The molecule has 0 saturated heterocycles. The number of nitriles is 1. The summed E-state index contributed by atoms with van der Waals surface area (Å²) in [6, 6.07) is 9.98. The highest BCUT2D eigenvalue weighted by Crippen LogP contribution is 2.24. The van der Waals surface area contributed by atoms with Crippen LogP contribution in [0.2, 0.25) is 0 Å². The molecule has 2 rings (SSSR count). The molecule has 0 amide bonds. The normalized spacial score (nSPS) is 10.8. The third-order valence-electron chi connectivity index (χ3n) is 2.89. The molecule has 1 aromatic carbocycles. The van der Waals surface area contributed by atoms with Crippen LogP contribution >= 0.6 is 11.8 Å². The largest absolute Gasteiger partial charge is 0.324 e. The highest BCUT2D eigenvalue weighted by molar-refractivity contribution is 7.98. The Hall–Kier alpha value is -1.84. The summed E-state index contributed by atoms with van der Waals surface area (Å²) >= 11 is 1.63. The van der Waals surface area contributed by atoms with Gasteiger partial charge in [0.25, 0.3) is 0 Å². The summed E-state index contributed by atoms with van der Waals surface area (Å²) in [5.74, 6) is 1.60. The molecule has 0 bridgehead atoms. The van der Waals surface area contributed by atoms with E-state index in [4.69, 9.17) is 11.0 Å². The maximum atomic E-state index is 8.78. The molecule has 0 saturated carbocycles. The fraction of sp³-hybridized carbons (Fsp3) is 0.357. The van der Waals surface area contributed by atoms with Gasteiger partial charge in [0, 0.05) is 11.8 Å². The highest BCUT2D eigenvalue weighted by atomic mass is 32.2. The maximum Gasteiger partial charge on any atom is 0.191 e. The van der Waals surface area contributed by atoms with E-state index in [9.17, 15) is 0 Å². The number of thioether (sulfide) groups is 1. The topological polar surface area (TPSA) is 80.5 Å². The molecule has 0 unspecified atom stereocenters. The Balaban J connectivity index is 2.10. The Morgan fingerprint density at radius 3 is 2.55 bits per heavy atom. The minimum Gasteiger partial charge on any atom is -0.324 e. The van der Waals surface area contributed by atoms with E-state index in [-0.39, 0.29) is 6.04 Å². The zero-order valence-corrected chi connectivity index (χ0v) is 12.4. The number of rotatable bonds is 5. The predicted octanol–water partition coefficient (Wildman–Crippen LogP) is 2.48. The van der Waals surface area contributed by atoms with Gasteiger partial charge in [-0.05, 0) is 31.5 Å². The van der Waals surface area contributed by atoms with E-state index in [0.29, 0.717) is 12.1 Å². The molecule has 2 N–H and O–H groups in total. The van der Waals surface area contributed by atoms with Gasteiger partial charge in [-0.2, -0.15) is 5.26 Å². The van der Waals surface area contributed by atoms with Gasteiger partial charge in [0.2, 0.25) is 0 Å². The second kappa shape index (κ2) is 6.55. The molecule has 0 spiro atoms. The van der Waals surface area contributed by atoms with Crippen LogP contribution in [0.1, 0.15) is 36.8 Å². The first-order valence-corrected chi connectivity index (χ1v) is 7.40. The van der Waals surface area contributed by atoms with Crippen LogP contribution in [0.4, 0.5) is 0 Å². The second-order valence-corrected chi connectivity index (χ2v) is 5.61. The molecule has 0 aliphatic rings. The first-order chi connectivity index (χ1) is 9.65. The van der Waals surface area contributed by atoms with Gasteiger partial charge in [-0.25, -0.2) is 0 Å². The number of nitrogens with zero attached hydrogens (tertiary/aromatic N) is 4. The van der Waals surface area contributed by atoms with Crippen LogP contribution in [0, 0.1) is 11.3 Å². The van der Waals surface area contributed by atoms with Crippen molar-refractivity contribution >= 4 is 11.8 Å². The molecule has 0 radical (unpaired) electrons. The smallest absolute Gasteiger partial charge is 0.191 e. The van der Waals surface area contributed by atoms with Crippen molar-refractivity contribution in [2.45, 2.75) is 37.3 Å². The van der Waals surface area contributed by atoms with Crippen LogP contribution in [0.3, 0.4) is 0 Å². The van der Waals surface area contributed by atoms with E-state index in [1.54, 1.807) is 11.8 Å². The monoisotopic (exact) mass is 287 g/mol. The minimum atomic E-state index is 0.284. The van der Waals surface area contributed by atoms with Gasteiger partial charge in [-0.15, -0.1) is 10.2 Å². The number of nitrogens with two attached hydrogens (primary N) is 1. The molecule has 1 aromatic heterocycles. The molecular formula is C14H17N5S. The van der Waals surface area contributed by atoms with E-state index in [1.807, 2.05) is 24.3 Å². The van der Waals surface area contributed by atoms with Gasteiger partial charge in [-0.3, -0.25) is 0 Å². The second-order valence-electron chi connectivity index (χ2n) is 4.66. The van der Waals surface area contributed by atoms with Crippen molar-refractivity contribution in [3.05, 3.63) is 41.2 Å². The molecule has 20 heavy (non-hydrogen) atoms. The van der Waals surface area contributed by atoms with E-state index >= 15 is 0 Å². The summed E-state index contributed by atoms with van der Waals surface area (Å²) in [4.78, 5) is 0. The zero-order chi connectivity index (χ0) is 14.5. The molecular weight excluding hydrogens is 270 g/mol. The quantitative estimate of drug-likeness (QED) is 0.854. The van der Waals surface area contributed by atoms with Crippen molar-refractivity contribution < 1.29 is 0 Å². The number of hydrogen-bond donors (Lipinski definition) is 1. The third-order valence-corrected chi connectivity index (χ3v) is 3.90. The molecule has 5 nitrogen and oxygen atoms in total. The standard InChI is InChI=1S/C14H17N5S/c1-10(2)19-13(8-16)17-18-14(19)20-9-12-5-3-11(7-15)4-6-12/h3-6,10H,8-9,16H2,1-2H3. The molecule has 0 aliphatic carbocycles. The molecule has 0 aliphatic heterocycles. The van der Waals surface area contributed by atoms with E-state index in [0.717, 1.165) is 22.3 Å². The molecule has 0 fully saturated rings. The molecule has 0 atom stereocenters. The molecule has 104 valence electrons. The summed E-state index contributed by atoms with van der Waals surface area (Å²) in [5.41, 5.74) is 7.51. The van der Waals surface area contributed by atoms with Gasteiger partial charge in [-0.1, -0.05) is 23.9 Å². The molecule has 2 aromatic rings. The van der Waals surface area contributed by atoms with Crippen LogP contribution in [0.15, 0.2) is 29.4 Å². The Labute approximate surface area is 122 Å². The molecule has 6 heteroatoms. The number of benzene rings is 1. The first-order valence-electron chi connectivity index (χ1n) is 6.41. The summed E-state index contributed by atoms with van der Waals surface area (Å²) in [7, 11) is 0. The van der Waals surface area contributed by atoms with Crippen molar-refractivity contribution in [2.24, 2.45) is 5.73 Å². The minimum absolute atomic E-state index is 0.284. The average molecular weight is 287 g/mol. The fourth-order valence-corrected chi connectivity index (χ4v) is 2.93. The molecule has 1 heterocycles. The zero-order valence-electron chi connectivity index (χ0n) is 11.6. The summed E-state index contributed by atoms with van der Waals surface area (Å²) < 4.78 is 2.06. The van der Waals surface area contributed by atoms with Crippen LogP contribution in [-0.4, -0.2) is 14.8 Å². The van der Waals surface area contributed by atoms with Crippen molar-refractivity contribution in [3.8, 4) is 6.07 Å². The lowest BCUT2D eigenvalue weighted by molar-refractivity contribution is 0.526. The van der Waals surface area contributed by atoms with Gasteiger partial charge in [0.15, 0.2) is 5.16 Å². The van der Waals surface area contributed by atoms with Gasteiger partial charge >= 0.3 is 0 Å². The number of hydrogen-bond acceptors (Lipinski definition) is 5. The summed E-state index contributed by atoms with van der Waals surface area (Å²) in [5, 5.41) is 18.0. The lowest BCUT2D eigenvalue weighted by Gasteiger charge is -2.12. The van der Waals surface area contributed by atoms with Crippen LogP contribution < -0.4 is 5.73 Å². The Bertz CT molecular complexity index is 609. The number of aromatic nitrogens is 3. The first kappa shape index (κ1) is 14.6. The Morgan fingerprint density at radius 2 is 2.00 bits per heavy atom. The van der Waals surface area contributed by atoms with Gasteiger partial charge < -0.3 is 10.3 Å². The Kier molecular flexibility index (Phi) is 4.77. The predicted molar refractivity (Wildman–Crippen MR) is 79.0 cm³/mol. The highest BCUT2D eigenvalue weighted by Gasteiger charge is 2.13. The van der Waals surface area contributed by atoms with Gasteiger partial charge in [0.1, 0.15) is 5.82 Å². The van der Waals surface area contributed by atoms with Crippen molar-refractivity contribution in [1.29, 1.82) is 5.26 Å². The van der Waals surface area contributed by atoms with Crippen molar-refractivity contribution in [1.82, 2.24) is 14.8 Å².